The molecule has 0 radical (unpaired) electrons. The van der Waals surface area contributed by atoms with Gasteiger partial charge in [0.05, 0.1) is 0 Å². The normalized spacial score (nSPS) is 10.2. The first kappa shape index (κ1) is 13.2. The number of phenols is 2. The van der Waals surface area contributed by atoms with Crippen molar-refractivity contribution in [2.75, 3.05) is 0 Å². The van der Waals surface area contributed by atoms with E-state index in [1.807, 2.05) is 30.3 Å². The fourth-order valence-corrected chi connectivity index (χ4v) is 1.66. The molecule has 0 spiro atoms. The molecule has 4 nitrogen and oxygen atoms in total. The minimum Gasteiger partial charge on any atom is -0.504 e. The SMILES string of the molecule is O=C(Cl)c1cc(O)c(O)c(OCc2ccccc2)c1. The molecule has 0 saturated heterocycles. The van der Waals surface area contributed by atoms with Crippen LogP contribution < -0.4 is 4.74 Å². The number of rotatable bonds is 4. The zero-order valence-electron chi connectivity index (χ0n) is 9.84. The fraction of sp³-hybridized carbons (Fsp3) is 0.0714. The molecule has 5 heteroatoms. The lowest BCUT2D eigenvalue weighted by molar-refractivity contribution is 0.108. The van der Waals surface area contributed by atoms with Gasteiger partial charge in [-0.25, -0.2) is 0 Å². The number of carbonyl (C=O) groups excluding carboxylic acids is 1. The number of ether oxygens (including phenoxy) is 1. The number of halogens is 1. The molecule has 2 aromatic rings. The standard InChI is InChI=1S/C14H11ClO4/c15-14(18)10-6-11(16)13(17)12(7-10)19-8-9-4-2-1-3-5-9/h1-7,16-17H,8H2. The summed E-state index contributed by atoms with van der Waals surface area (Å²) in [5, 5.41) is 18.4. The zero-order valence-corrected chi connectivity index (χ0v) is 10.6. The van der Waals surface area contributed by atoms with E-state index in [0.717, 1.165) is 11.6 Å². The number of benzene rings is 2. The topological polar surface area (TPSA) is 66.8 Å². The van der Waals surface area contributed by atoms with E-state index >= 15 is 0 Å². The third kappa shape index (κ3) is 3.17. The highest BCUT2D eigenvalue weighted by Crippen LogP contribution is 2.37. The first-order valence-corrected chi connectivity index (χ1v) is 5.88. The summed E-state index contributed by atoms with van der Waals surface area (Å²) in [6.45, 7) is 0.202. The molecule has 0 amide bonds. The highest BCUT2D eigenvalue weighted by atomic mass is 35.5. The van der Waals surface area contributed by atoms with Gasteiger partial charge in [-0.05, 0) is 29.3 Å². The minimum absolute atomic E-state index is 0.00727. The molecule has 0 aromatic heterocycles. The van der Waals surface area contributed by atoms with Crippen LogP contribution in [0.2, 0.25) is 0 Å². The quantitative estimate of drug-likeness (QED) is 0.666. The van der Waals surface area contributed by atoms with Gasteiger partial charge in [0.25, 0.3) is 5.24 Å². The van der Waals surface area contributed by atoms with Gasteiger partial charge in [0.2, 0.25) is 5.75 Å². The molecule has 2 aromatic carbocycles. The Balaban J connectivity index is 2.22. The summed E-state index contributed by atoms with van der Waals surface area (Å²) in [5.74, 6) is -0.861. The van der Waals surface area contributed by atoms with Crippen LogP contribution in [-0.2, 0) is 6.61 Å². The lowest BCUT2D eigenvalue weighted by Crippen LogP contribution is -1.97. The molecule has 0 fully saturated rings. The molecular formula is C14H11ClO4. The Bertz CT molecular complexity index is 596. The van der Waals surface area contributed by atoms with Gasteiger partial charge in [-0.3, -0.25) is 4.79 Å². The summed E-state index contributed by atoms with van der Waals surface area (Å²) in [7, 11) is 0. The number of carbonyl (C=O) groups is 1. The third-order valence-corrected chi connectivity index (χ3v) is 2.74. The lowest BCUT2D eigenvalue weighted by Gasteiger charge is -2.10. The van der Waals surface area contributed by atoms with Crippen molar-refractivity contribution in [1.29, 1.82) is 0 Å². The maximum Gasteiger partial charge on any atom is 0.252 e. The zero-order chi connectivity index (χ0) is 13.8. The van der Waals surface area contributed by atoms with Crippen molar-refractivity contribution in [2.45, 2.75) is 6.61 Å². The number of phenolic OH excluding ortho intramolecular Hbond substituents is 2. The molecule has 98 valence electrons. The van der Waals surface area contributed by atoms with Crippen molar-refractivity contribution in [1.82, 2.24) is 0 Å². The van der Waals surface area contributed by atoms with Crippen LogP contribution in [0.4, 0.5) is 0 Å². The first-order chi connectivity index (χ1) is 9.08. The molecule has 0 heterocycles. The predicted molar refractivity (Wildman–Crippen MR) is 70.7 cm³/mol. The number of hydrogen-bond acceptors (Lipinski definition) is 4. The van der Waals surface area contributed by atoms with Crippen LogP contribution >= 0.6 is 11.6 Å². The second kappa shape index (κ2) is 5.63. The van der Waals surface area contributed by atoms with E-state index in [0.29, 0.717) is 0 Å². The lowest BCUT2D eigenvalue weighted by atomic mass is 10.2. The van der Waals surface area contributed by atoms with E-state index in [-0.39, 0.29) is 17.9 Å². The van der Waals surface area contributed by atoms with Crippen LogP contribution in [0.5, 0.6) is 17.2 Å². The van der Waals surface area contributed by atoms with Crippen LogP contribution in [0.1, 0.15) is 15.9 Å². The molecule has 0 aliphatic rings. The minimum atomic E-state index is -0.736. The summed E-state index contributed by atoms with van der Waals surface area (Å²) in [5.41, 5.74) is 0.948. The van der Waals surface area contributed by atoms with E-state index in [2.05, 4.69) is 0 Å². The van der Waals surface area contributed by atoms with Gasteiger partial charge in [0, 0.05) is 5.56 Å². The van der Waals surface area contributed by atoms with E-state index in [1.54, 1.807) is 0 Å². The van der Waals surface area contributed by atoms with Crippen molar-refractivity contribution >= 4 is 16.8 Å². The molecule has 0 unspecified atom stereocenters. The summed E-state index contributed by atoms with van der Waals surface area (Å²) >= 11 is 5.33. The van der Waals surface area contributed by atoms with Gasteiger partial charge in [0.15, 0.2) is 11.5 Å². The molecule has 2 N–H and O–H groups in total. The number of aromatic hydroxyl groups is 2. The second-order valence-corrected chi connectivity index (χ2v) is 4.23. The summed E-state index contributed by atoms with van der Waals surface area (Å²) in [6, 6.07) is 11.7. The Labute approximate surface area is 114 Å². The van der Waals surface area contributed by atoms with Crippen molar-refractivity contribution in [3.8, 4) is 17.2 Å². The maximum atomic E-state index is 11.1. The van der Waals surface area contributed by atoms with Crippen LogP contribution in [0, 0.1) is 0 Å². The molecule has 0 saturated carbocycles. The van der Waals surface area contributed by atoms with Gasteiger partial charge in [-0.2, -0.15) is 0 Å². The summed E-state index contributed by atoms with van der Waals surface area (Å²) in [6.07, 6.45) is 0. The van der Waals surface area contributed by atoms with E-state index in [1.165, 1.54) is 6.07 Å². The van der Waals surface area contributed by atoms with Crippen molar-refractivity contribution < 1.29 is 19.7 Å². The summed E-state index contributed by atoms with van der Waals surface area (Å²) < 4.78 is 5.37. The molecule has 0 aliphatic heterocycles. The molecule has 0 aliphatic carbocycles. The van der Waals surface area contributed by atoms with Crippen LogP contribution in [0.3, 0.4) is 0 Å². The van der Waals surface area contributed by atoms with Gasteiger partial charge >= 0.3 is 0 Å². The fourth-order valence-electron chi connectivity index (χ4n) is 1.55. The predicted octanol–water partition coefficient (Wildman–Crippen LogP) is 3.06. The smallest absolute Gasteiger partial charge is 0.252 e. The largest absolute Gasteiger partial charge is 0.504 e. The Morgan fingerprint density at radius 1 is 1.16 bits per heavy atom. The van der Waals surface area contributed by atoms with Crippen LogP contribution in [0.15, 0.2) is 42.5 Å². The Hall–Kier alpha value is -2.20. The van der Waals surface area contributed by atoms with Gasteiger partial charge in [0.1, 0.15) is 6.61 Å². The Kier molecular flexibility index (Phi) is 3.92. The number of hydrogen-bond donors (Lipinski definition) is 2. The molecule has 0 atom stereocenters. The Morgan fingerprint density at radius 2 is 1.84 bits per heavy atom. The molecule has 0 bridgehead atoms. The molecular weight excluding hydrogens is 268 g/mol. The van der Waals surface area contributed by atoms with Crippen molar-refractivity contribution in [3.05, 3.63) is 53.6 Å². The highest BCUT2D eigenvalue weighted by molar-refractivity contribution is 6.67. The van der Waals surface area contributed by atoms with E-state index < -0.39 is 16.7 Å². The average molecular weight is 279 g/mol. The first-order valence-electron chi connectivity index (χ1n) is 5.50. The average Bonchev–Trinajstić information content (AvgIpc) is 2.41. The molecule has 19 heavy (non-hydrogen) atoms. The van der Waals surface area contributed by atoms with E-state index in [4.69, 9.17) is 16.3 Å². The van der Waals surface area contributed by atoms with Gasteiger partial charge in [-0.15, -0.1) is 0 Å². The van der Waals surface area contributed by atoms with Crippen molar-refractivity contribution in [2.24, 2.45) is 0 Å². The van der Waals surface area contributed by atoms with Crippen LogP contribution in [0.25, 0.3) is 0 Å². The molecule has 2 rings (SSSR count). The maximum absolute atomic E-state index is 11.1. The third-order valence-electron chi connectivity index (χ3n) is 2.52. The monoisotopic (exact) mass is 278 g/mol. The van der Waals surface area contributed by atoms with Crippen LogP contribution in [-0.4, -0.2) is 15.5 Å². The van der Waals surface area contributed by atoms with Gasteiger partial charge < -0.3 is 14.9 Å². The second-order valence-electron chi connectivity index (χ2n) is 3.89. The van der Waals surface area contributed by atoms with Crippen molar-refractivity contribution in [3.63, 3.8) is 0 Å². The summed E-state index contributed by atoms with van der Waals surface area (Å²) in [4.78, 5) is 11.1. The Morgan fingerprint density at radius 3 is 2.47 bits per heavy atom. The van der Waals surface area contributed by atoms with E-state index in [9.17, 15) is 15.0 Å². The van der Waals surface area contributed by atoms with Gasteiger partial charge in [-0.1, -0.05) is 30.3 Å². The highest BCUT2D eigenvalue weighted by Gasteiger charge is 2.13.